The number of fused-ring (bicyclic) bond motifs is 2. The van der Waals surface area contributed by atoms with Crippen molar-refractivity contribution >= 4 is 37.7 Å². The Hall–Kier alpha value is -0.0900. The molecule has 0 saturated heterocycles. The lowest BCUT2D eigenvalue weighted by Gasteiger charge is -2.43. The number of halogens is 2. The molecule has 0 aromatic carbocycles. The van der Waals surface area contributed by atoms with Crippen LogP contribution in [0.15, 0.2) is 21.2 Å². The molecule has 0 aliphatic heterocycles. The largest absolute Gasteiger partial charge is 0.365 e. The molecule has 3 atom stereocenters. The van der Waals surface area contributed by atoms with Gasteiger partial charge in [-0.05, 0) is 73.9 Å². The molecular formula is C15H20Br2N2. The molecule has 19 heavy (non-hydrogen) atoms. The zero-order valence-electron chi connectivity index (χ0n) is 11.6. The lowest BCUT2D eigenvalue weighted by atomic mass is 9.68. The van der Waals surface area contributed by atoms with Gasteiger partial charge >= 0.3 is 0 Å². The van der Waals surface area contributed by atoms with Gasteiger partial charge in [0.1, 0.15) is 5.82 Å². The number of pyridine rings is 1. The summed E-state index contributed by atoms with van der Waals surface area (Å²) in [5.74, 6) is 1.82. The van der Waals surface area contributed by atoms with Crippen LogP contribution in [0, 0.1) is 16.7 Å². The van der Waals surface area contributed by atoms with Gasteiger partial charge in [-0.1, -0.05) is 20.8 Å². The monoisotopic (exact) mass is 386 g/mol. The lowest BCUT2D eigenvalue weighted by molar-refractivity contribution is 0.155. The van der Waals surface area contributed by atoms with Crippen LogP contribution >= 0.6 is 31.9 Å². The predicted molar refractivity (Wildman–Crippen MR) is 86.3 cm³/mol. The zero-order chi connectivity index (χ0) is 13.8. The maximum atomic E-state index is 4.52. The van der Waals surface area contributed by atoms with Gasteiger partial charge < -0.3 is 5.32 Å². The molecule has 1 heterocycles. The van der Waals surface area contributed by atoms with Crippen molar-refractivity contribution in [1.29, 1.82) is 0 Å². The molecule has 0 spiro atoms. The highest BCUT2D eigenvalue weighted by molar-refractivity contribution is 9.11. The van der Waals surface area contributed by atoms with E-state index >= 15 is 0 Å². The summed E-state index contributed by atoms with van der Waals surface area (Å²) >= 11 is 7.06. The van der Waals surface area contributed by atoms with E-state index in [0.29, 0.717) is 16.9 Å². The maximum Gasteiger partial charge on any atom is 0.140 e. The predicted octanol–water partition coefficient (Wildman–Crippen LogP) is 5.23. The average molecular weight is 388 g/mol. The molecule has 4 heteroatoms. The molecule has 0 amide bonds. The highest BCUT2D eigenvalue weighted by Gasteiger charge is 2.59. The van der Waals surface area contributed by atoms with Gasteiger partial charge in [-0.3, -0.25) is 0 Å². The number of nitrogens with one attached hydrogen (secondary N) is 1. The Morgan fingerprint density at radius 1 is 1.32 bits per heavy atom. The van der Waals surface area contributed by atoms with Crippen molar-refractivity contribution in [1.82, 2.24) is 4.98 Å². The highest BCUT2D eigenvalue weighted by Crippen LogP contribution is 2.63. The standard InChI is InChI=1S/C15H20Br2N2/c1-14(2)9-4-5-15(3,7-9)13(14)19-12-11(17)6-10(16)8-18-12/h6,8-9,13H,4-5,7H2,1-3H3,(H,18,19). The molecule has 3 rings (SSSR count). The molecule has 3 unspecified atom stereocenters. The summed E-state index contributed by atoms with van der Waals surface area (Å²) in [7, 11) is 0. The third-order valence-corrected chi connectivity index (χ3v) is 6.40. The molecule has 2 nitrogen and oxygen atoms in total. The van der Waals surface area contributed by atoms with Crippen LogP contribution in [0.4, 0.5) is 5.82 Å². The van der Waals surface area contributed by atoms with Crippen molar-refractivity contribution in [3.8, 4) is 0 Å². The van der Waals surface area contributed by atoms with Crippen LogP contribution in [0.25, 0.3) is 0 Å². The van der Waals surface area contributed by atoms with Crippen LogP contribution in [0.5, 0.6) is 0 Å². The van der Waals surface area contributed by atoms with Gasteiger partial charge in [0.2, 0.25) is 0 Å². The van der Waals surface area contributed by atoms with Gasteiger partial charge in [0, 0.05) is 16.7 Å². The van der Waals surface area contributed by atoms with Crippen molar-refractivity contribution < 1.29 is 0 Å². The lowest BCUT2D eigenvalue weighted by Crippen LogP contribution is -2.46. The minimum Gasteiger partial charge on any atom is -0.365 e. The van der Waals surface area contributed by atoms with E-state index in [2.05, 4.69) is 69.0 Å². The summed E-state index contributed by atoms with van der Waals surface area (Å²) in [4.78, 5) is 4.52. The van der Waals surface area contributed by atoms with Crippen molar-refractivity contribution in [2.24, 2.45) is 16.7 Å². The number of hydrogen-bond acceptors (Lipinski definition) is 2. The third-order valence-electron chi connectivity index (χ3n) is 5.36. The van der Waals surface area contributed by atoms with Crippen molar-refractivity contribution in [2.45, 2.75) is 46.1 Å². The van der Waals surface area contributed by atoms with Gasteiger partial charge in [0.05, 0.1) is 4.47 Å². The second-order valence-electron chi connectivity index (χ2n) is 6.98. The van der Waals surface area contributed by atoms with Gasteiger partial charge in [-0.25, -0.2) is 4.98 Å². The maximum absolute atomic E-state index is 4.52. The van der Waals surface area contributed by atoms with E-state index in [1.165, 1.54) is 19.3 Å². The Morgan fingerprint density at radius 3 is 2.63 bits per heavy atom. The normalized spacial score (nSPS) is 35.6. The summed E-state index contributed by atoms with van der Waals surface area (Å²) < 4.78 is 2.03. The zero-order valence-corrected chi connectivity index (χ0v) is 14.8. The van der Waals surface area contributed by atoms with E-state index in [1.807, 2.05) is 6.20 Å². The second-order valence-corrected chi connectivity index (χ2v) is 8.75. The molecule has 2 aliphatic rings. The fraction of sp³-hybridized carbons (Fsp3) is 0.667. The van der Waals surface area contributed by atoms with Gasteiger partial charge in [0.15, 0.2) is 0 Å². The van der Waals surface area contributed by atoms with E-state index < -0.39 is 0 Å². The first kappa shape index (κ1) is 13.9. The Morgan fingerprint density at radius 2 is 2.05 bits per heavy atom. The summed E-state index contributed by atoms with van der Waals surface area (Å²) in [6, 6.07) is 2.56. The molecule has 2 aliphatic carbocycles. The molecule has 1 N–H and O–H groups in total. The molecule has 1 aromatic heterocycles. The smallest absolute Gasteiger partial charge is 0.140 e. The van der Waals surface area contributed by atoms with Crippen LogP contribution in [0.3, 0.4) is 0 Å². The fourth-order valence-corrected chi connectivity index (χ4v) is 5.42. The average Bonchev–Trinajstić information content (AvgIpc) is 2.78. The van der Waals surface area contributed by atoms with Crippen LogP contribution in [0.1, 0.15) is 40.0 Å². The second kappa shape index (κ2) is 4.45. The van der Waals surface area contributed by atoms with Crippen molar-refractivity contribution in [2.75, 3.05) is 5.32 Å². The Labute approximate surface area is 132 Å². The van der Waals surface area contributed by atoms with Crippen molar-refractivity contribution in [3.05, 3.63) is 21.2 Å². The summed E-state index contributed by atoms with van der Waals surface area (Å²) in [6.07, 6.45) is 5.94. The first-order chi connectivity index (χ1) is 8.83. The van der Waals surface area contributed by atoms with E-state index in [9.17, 15) is 0 Å². The number of nitrogens with zero attached hydrogens (tertiary/aromatic N) is 1. The quantitative estimate of drug-likeness (QED) is 0.750. The van der Waals surface area contributed by atoms with Crippen LogP contribution in [0.2, 0.25) is 0 Å². The number of hydrogen-bond donors (Lipinski definition) is 1. The highest BCUT2D eigenvalue weighted by atomic mass is 79.9. The minimum atomic E-state index is 0.348. The van der Waals surface area contributed by atoms with Crippen LogP contribution in [-0.2, 0) is 0 Å². The van der Waals surface area contributed by atoms with Gasteiger partial charge in [-0.2, -0.15) is 0 Å². The number of aromatic nitrogens is 1. The number of anilines is 1. The Bertz CT molecular complexity index is 510. The molecule has 104 valence electrons. The van der Waals surface area contributed by atoms with Crippen molar-refractivity contribution in [3.63, 3.8) is 0 Å². The van der Waals surface area contributed by atoms with Gasteiger partial charge in [-0.15, -0.1) is 0 Å². The molecular weight excluding hydrogens is 368 g/mol. The molecule has 2 saturated carbocycles. The van der Waals surface area contributed by atoms with E-state index in [4.69, 9.17) is 0 Å². The first-order valence-electron chi connectivity index (χ1n) is 6.90. The van der Waals surface area contributed by atoms with Crippen LogP contribution < -0.4 is 5.32 Å². The van der Waals surface area contributed by atoms with Gasteiger partial charge in [0.25, 0.3) is 0 Å². The molecule has 0 radical (unpaired) electrons. The molecule has 2 fully saturated rings. The molecule has 1 aromatic rings. The SMILES string of the molecule is CC12CCC(C1)C(C)(C)C2Nc1ncc(Br)cc1Br. The Balaban J connectivity index is 1.90. The summed E-state index contributed by atoms with van der Waals surface area (Å²) in [5.41, 5.74) is 0.767. The topological polar surface area (TPSA) is 24.9 Å². The third kappa shape index (κ3) is 2.15. The fourth-order valence-electron chi connectivity index (χ4n) is 4.32. The van der Waals surface area contributed by atoms with E-state index in [1.54, 1.807) is 0 Å². The number of rotatable bonds is 2. The van der Waals surface area contributed by atoms with Crippen LogP contribution in [-0.4, -0.2) is 11.0 Å². The van der Waals surface area contributed by atoms with E-state index in [-0.39, 0.29) is 0 Å². The van der Waals surface area contributed by atoms with E-state index in [0.717, 1.165) is 20.7 Å². The summed E-state index contributed by atoms with van der Waals surface area (Å²) in [6.45, 7) is 7.26. The first-order valence-corrected chi connectivity index (χ1v) is 8.49. The Kier molecular flexibility index (Phi) is 3.25. The minimum absolute atomic E-state index is 0.348. The summed E-state index contributed by atoms with van der Waals surface area (Å²) in [5, 5.41) is 3.72. The molecule has 2 bridgehead atoms.